The predicted molar refractivity (Wildman–Crippen MR) is 345 cm³/mol. The molecule has 26 heteroatoms. The van der Waals surface area contributed by atoms with Crippen molar-refractivity contribution < 1.29 is 52.3 Å². The molecule has 0 radical (unpaired) electrons. The first-order valence-corrected chi connectivity index (χ1v) is 31.2. The summed E-state index contributed by atoms with van der Waals surface area (Å²) in [4.78, 5) is 83.9. The van der Waals surface area contributed by atoms with Crippen molar-refractivity contribution in [2.75, 3.05) is 95.2 Å². The fourth-order valence-corrected chi connectivity index (χ4v) is 10.3. The number of carbonyl (C=O) groups is 3. The van der Waals surface area contributed by atoms with Crippen LogP contribution < -0.4 is 40.1 Å². The normalized spacial score (nSPS) is 16.1. The van der Waals surface area contributed by atoms with E-state index in [9.17, 15) is 28.3 Å². The Labute approximate surface area is 537 Å². The molecule has 11 rings (SSSR count). The lowest BCUT2D eigenvalue weighted by Crippen LogP contribution is -2.45. The Morgan fingerprint density at radius 2 is 0.924 bits per heavy atom. The van der Waals surface area contributed by atoms with E-state index in [0.717, 1.165) is 128 Å². The average molecular weight is 1270 g/mol. The Balaban J connectivity index is 0.000000171. The third-order valence-corrected chi connectivity index (χ3v) is 14.4. The molecule has 3 amide bonds. The van der Waals surface area contributed by atoms with Gasteiger partial charge in [-0.1, -0.05) is 0 Å². The molecule has 8 heterocycles. The van der Waals surface area contributed by atoms with Crippen LogP contribution in [-0.2, 0) is 62.4 Å². The lowest BCUT2D eigenvalue weighted by Gasteiger charge is -2.25. The summed E-state index contributed by atoms with van der Waals surface area (Å²) >= 11 is 0. The fourth-order valence-electron chi connectivity index (χ4n) is 10.3. The average Bonchev–Trinajstić information content (AvgIpc) is 1.49. The number of aromatic nitrogens is 9. The van der Waals surface area contributed by atoms with Gasteiger partial charge in [-0.25, -0.2) is 38.7 Å². The van der Waals surface area contributed by atoms with Gasteiger partial charge in [0.25, 0.3) is 0 Å². The summed E-state index contributed by atoms with van der Waals surface area (Å²) in [5.74, 6) is 4.24. The molecule has 0 unspecified atom stereocenters. The maximum atomic E-state index is 13.6. The van der Waals surface area contributed by atoms with Crippen LogP contribution >= 0.6 is 0 Å². The van der Waals surface area contributed by atoms with E-state index in [1.807, 2.05) is 110 Å². The minimum Gasteiger partial charge on any atom is -0.491 e. The number of aliphatic hydroxyl groups excluding tert-OH is 2. The standard InChI is InChI=1S/C22H30FN5O3.C22H29N5O3.C19H24FN5O.C3H6O2/c1-22(2,3)27-19(30)12-28(4)21-16-6-5-7-17(16)25-20(26-21)18-10-15(8-9-24-18)31-13-14(29)11-23;1-22(2,3)26-19(28)11-27(4)21-16-6-5-7-17(16)24-20(25-21)18-10-14(8-9-23-18)29-12-15-13-30-15;1-19(2,3)24-16(26)11-25(4)18-13-6-5-7-14(13)22-17(23-18)15-10-12(20)8-9-21-15;4-1-3-2-5-3/h8-10,14,29H,5-7,11-13H2,1-4H3,(H,27,30);8-10,15H,5-7,11-13H2,1-4H3,(H,26,28);8-10H,5-7,11H2,1-4H3,(H,24,26);3-4H,1-2H2/t14-;15-;;3-/m10.0/s1. The zero-order valence-electron chi connectivity index (χ0n) is 55.0. The number of nitrogens with zero attached hydrogens (tertiary/aromatic N) is 12. The highest BCUT2D eigenvalue weighted by Crippen LogP contribution is 2.34. The number of ether oxygens (including phenoxy) is 4. The molecule has 3 aliphatic carbocycles. The minimum atomic E-state index is -1.17. The van der Waals surface area contributed by atoms with Gasteiger partial charge in [0.1, 0.15) is 90.1 Å². The van der Waals surface area contributed by atoms with Crippen molar-refractivity contribution in [3.05, 3.63) is 94.6 Å². The number of hydrogen-bond acceptors (Lipinski definition) is 21. The van der Waals surface area contributed by atoms with Crippen LogP contribution in [-0.4, -0.2) is 188 Å². The molecule has 6 aromatic heterocycles. The number of epoxide rings is 2. The highest BCUT2D eigenvalue weighted by atomic mass is 19.1. The topological polar surface area (TPSA) is 297 Å². The molecule has 5 N–H and O–H groups in total. The van der Waals surface area contributed by atoms with Crippen molar-refractivity contribution in [1.82, 2.24) is 60.8 Å². The van der Waals surface area contributed by atoms with Crippen LogP contribution in [0.2, 0.25) is 0 Å². The molecule has 6 aromatic rings. The van der Waals surface area contributed by atoms with Crippen molar-refractivity contribution in [1.29, 1.82) is 0 Å². The number of carbonyl (C=O) groups excluding carboxylic acids is 3. The molecule has 92 heavy (non-hydrogen) atoms. The lowest BCUT2D eigenvalue weighted by atomic mass is 10.1. The van der Waals surface area contributed by atoms with Gasteiger partial charge in [-0.2, -0.15) is 0 Å². The Morgan fingerprint density at radius 3 is 1.25 bits per heavy atom. The Hall–Kier alpha value is -8.20. The van der Waals surface area contributed by atoms with Crippen molar-refractivity contribution in [2.45, 2.75) is 155 Å². The van der Waals surface area contributed by atoms with Crippen molar-refractivity contribution in [2.24, 2.45) is 0 Å². The molecule has 0 saturated carbocycles. The van der Waals surface area contributed by atoms with E-state index in [4.69, 9.17) is 39.3 Å². The summed E-state index contributed by atoms with van der Waals surface area (Å²) in [6.07, 6.45) is 12.2. The maximum Gasteiger partial charge on any atom is 0.239 e. The summed E-state index contributed by atoms with van der Waals surface area (Å²) in [7, 11) is 5.58. The number of pyridine rings is 3. The van der Waals surface area contributed by atoms with Gasteiger partial charge in [0.15, 0.2) is 17.5 Å². The molecule has 3 atom stereocenters. The number of nitrogens with one attached hydrogen (secondary N) is 3. The highest BCUT2D eigenvalue weighted by molar-refractivity contribution is 5.83. The van der Waals surface area contributed by atoms with Gasteiger partial charge >= 0.3 is 0 Å². The SMILES string of the molecule is CN(CC(=O)NC(C)(C)C)c1nc(-c2cc(F)ccn2)nc2c1CCC2.CN(CC(=O)NC(C)(C)C)c1nc(-c2cc(OC[C@H](O)CF)ccn2)nc2c1CCC2.CN(CC(=O)NC(C)(C)C)c1nc(-c2cc(OC[C@H]3CO3)ccn2)nc2c1CCC2.OC[C@H]1CO1. The van der Waals surface area contributed by atoms with Gasteiger partial charge in [0, 0.05) is 108 Å². The molecular weight excluding hydrogens is 1180 g/mol. The highest BCUT2D eigenvalue weighted by Gasteiger charge is 2.29. The molecule has 24 nitrogen and oxygen atoms in total. The number of likely N-dealkylation sites (N-methyl/N-ethyl adjacent to an activating group) is 3. The molecule has 5 aliphatic rings. The zero-order valence-corrected chi connectivity index (χ0v) is 55.0. The Bertz CT molecular complexity index is 3520. The van der Waals surface area contributed by atoms with Crippen LogP contribution in [0.1, 0.15) is 115 Å². The lowest BCUT2D eigenvalue weighted by molar-refractivity contribution is -0.122. The summed E-state index contributed by atoms with van der Waals surface area (Å²) in [5, 5.41) is 26.4. The summed E-state index contributed by atoms with van der Waals surface area (Å²) in [6.45, 7) is 19.4. The van der Waals surface area contributed by atoms with Crippen molar-refractivity contribution >= 4 is 35.2 Å². The monoisotopic (exact) mass is 1270 g/mol. The maximum absolute atomic E-state index is 13.6. The molecule has 2 fully saturated rings. The number of fused-ring (bicyclic) bond motifs is 3. The van der Waals surface area contributed by atoms with Gasteiger partial charge in [-0.3, -0.25) is 29.3 Å². The summed E-state index contributed by atoms with van der Waals surface area (Å²) in [5.41, 5.74) is 6.91. The zero-order chi connectivity index (χ0) is 66.5. The van der Waals surface area contributed by atoms with Gasteiger partial charge < -0.3 is 59.8 Å². The minimum absolute atomic E-state index is 0.0345. The Kier molecular flexibility index (Phi) is 23.4. The molecule has 0 bridgehead atoms. The first-order chi connectivity index (χ1) is 43.6. The van der Waals surface area contributed by atoms with Gasteiger partial charge in [-0.05, 0) is 138 Å². The third-order valence-electron chi connectivity index (χ3n) is 14.4. The van der Waals surface area contributed by atoms with E-state index in [1.165, 1.54) is 18.3 Å². The molecule has 496 valence electrons. The number of anilines is 3. The van der Waals surface area contributed by atoms with E-state index >= 15 is 0 Å². The quantitative estimate of drug-likeness (QED) is 0.0536. The molecule has 0 spiro atoms. The van der Waals surface area contributed by atoms with E-state index in [2.05, 4.69) is 45.6 Å². The van der Waals surface area contributed by atoms with Crippen molar-refractivity contribution in [3.63, 3.8) is 0 Å². The number of aliphatic hydroxyl groups is 2. The molecule has 2 saturated heterocycles. The van der Waals surface area contributed by atoms with E-state index in [-0.39, 0.29) is 85.2 Å². The second-order valence-corrected chi connectivity index (χ2v) is 26.5. The molecular formula is C66H89F2N15O9. The van der Waals surface area contributed by atoms with Crippen LogP contribution in [0.25, 0.3) is 34.6 Å². The second-order valence-electron chi connectivity index (χ2n) is 26.5. The largest absolute Gasteiger partial charge is 0.491 e. The number of halogens is 2. The number of aryl methyl sites for hydroxylation is 3. The van der Waals surface area contributed by atoms with Crippen LogP contribution in [0, 0.1) is 5.82 Å². The first-order valence-electron chi connectivity index (χ1n) is 31.2. The second kappa shape index (κ2) is 30.9. The van der Waals surface area contributed by atoms with Crippen LogP contribution in [0.15, 0.2) is 55.0 Å². The van der Waals surface area contributed by atoms with Gasteiger partial charge in [-0.15, -0.1) is 0 Å². The number of amides is 3. The van der Waals surface area contributed by atoms with Crippen LogP contribution in [0.5, 0.6) is 11.5 Å². The first kappa shape index (κ1) is 69.7. The predicted octanol–water partition coefficient (Wildman–Crippen LogP) is 6.14. The third kappa shape index (κ3) is 21.2. The van der Waals surface area contributed by atoms with Gasteiger partial charge in [0.05, 0.1) is 39.5 Å². The van der Waals surface area contributed by atoms with Crippen LogP contribution in [0.3, 0.4) is 0 Å². The summed E-state index contributed by atoms with van der Waals surface area (Å²) < 4.78 is 47.0. The van der Waals surface area contributed by atoms with E-state index < -0.39 is 12.8 Å². The van der Waals surface area contributed by atoms with Gasteiger partial charge in [0.2, 0.25) is 17.7 Å². The molecule has 0 aromatic carbocycles. The van der Waals surface area contributed by atoms with Crippen LogP contribution in [0.4, 0.5) is 26.2 Å². The summed E-state index contributed by atoms with van der Waals surface area (Å²) in [6, 6.07) is 9.59. The Morgan fingerprint density at radius 1 is 0.565 bits per heavy atom. The van der Waals surface area contributed by atoms with Crippen molar-refractivity contribution in [3.8, 4) is 46.1 Å². The fraction of sp³-hybridized carbons (Fsp3) is 0.545. The number of rotatable bonds is 20. The number of alkyl halides is 1. The van der Waals surface area contributed by atoms with E-state index in [0.29, 0.717) is 46.9 Å². The van der Waals surface area contributed by atoms with E-state index in [1.54, 1.807) is 24.5 Å². The number of hydrogen-bond donors (Lipinski definition) is 5. The molecule has 2 aliphatic heterocycles. The smallest absolute Gasteiger partial charge is 0.239 e.